The predicted octanol–water partition coefficient (Wildman–Crippen LogP) is 0.916. The SMILES string of the molecule is CNC1(CCO)CCCCC1OC. The summed E-state index contributed by atoms with van der Waals surface area (Å²) in [5.74, 6) is 0. The molecule has 2 unspecified atom stereocenters. The summed E-state index contributed by atoms with van der Waals surface area (Å²) in [6.07, 6.45) is 5.76. The van der Waals surface area contributed by atoms with Gasteiger partial charge in [-0.3, -0.25) is 0 Å². The molecule has 0 radical (unpaired) electrons. The van der Waals surface area contributed by atoms with Gasteiger partial charge in [0.2, 0.25) is 0 Å². The number of rotatable bonds is 4. The van der Waals surface area contributed by atoms with Crippen LogP contribution in [0.25, 0.3) is 0 Å². The molecule has 78 valence electrons. The number of likely N-dealkylation sites (N-methyl/N-ethyl adjacent to an activating group) is 1. The smallest absolute Gasteiger partial charge is 0.0753 e. The highest BCUT2D eigenvalue weighted by molar-refractivity contribution is 4.97. The van der Waals surface area contributed by atoms with Crippen LogP contribution in [0.1, 0.15) is 32.1 Å². The lowest BCUT2D eigenvalue weighted by Crippen LogP contribution is -2.56. The van der Waals surface area contributed by atoms with E-state index in [4.69, 9.17) is 9.84 Å². The maximum atomic E-state index is 9.03. The van der Waals surface area contributed by atoms with E-state index in [1.807, 2.05) is 7.05 Å². The summed E-state index contributed by atoms with van der Waals surface area (Å²) in [6.45, 7) is 0.237. The summed E-state index contributed by atoms with van der Waals surface area (Å²) in [7, 11) is 3.73. The molecule has 2 atom stereocenters. The molecule has 3 nitrogen and oxygen atoms in total. The van der Waals surface area contributed by atoms with Gasteiger partial charge in [-0.2, -0.15) is 0 Å². The zero-order chi connectivity index (χ0) is 9.73. The van der Waals surface area contributed by atoms with Gasteiger partial charge in [0.15, 0.2) is 0 Å². The van der Waals surface area contributed by atoms with Crippen molar-refractivity contribution in [3.05, 3.63) is 0 Å². The lowest BCUT2D eigenvalue weighted by molar-refractivity contribution is -0.0196. The van der Waals surface area contributed by atoms with Gasteiger partial charge >= 0.3 is 0 Å². The maximum Gasteiger partial charge on any atom is 0.0753 e. The van der Waals surface area contributed by atoms with Crippen molar-refractivity contribution in [3.63, 3.8) is 0 Å². The van der Waals surface area contributed by atoms with Crippen molar-refractivity contribution < 1.29 is 9.84 Å². The third-order valence-electron chi connectivity index (χ3n) is 3.30. The Kier molecular flexibility index (Phi) is 4.16. The van der Waals surface area contributed by atoms with Crippen molar-refractivity contribution in [1.29, 1.82) is 0 Å². The van der Waals surface area contributed by atoms with Crippen LogP contribution >= 0.6 is 0 Å². The minimum Gasteiger partial charge on any atom is -0.396 e. The quantitative estimate of drug-likeness (QED) is 0.687. The van der Waals surface area contributed by atoms with E-state index in [1.54, 1.807) is 7.11 Å². The van der Waals surface area contributed by atoms with Crippen LogP contribution in [-0.2, 0) is 4.74 Å². The van der Waals surface area contributed by atoms with Crippen LogP contribution in [0.4, 0.5) is 0 Å². The summed E-state index contributed by atoms with van der Waals surface area (Å²) in [6, 6.07) is 0. The number of aliphatic hydroxyl groups is 1. The highest BCUT2D eigenvalue weighted by Gasteiger charge is 2.38. The van der Waals surface area contributed by atoms with Crippen molar-refractivity contribution in [2.75, 3.05) is 20.8 Å². The van der Waals surface area contributed by atoms with E-state index < -0.39 is 0 Å². The number of methoxy groups -OCH3 is 1. The van der Waals surface area contributed by atoms with Crippen LogP contribution in [0.5, 0.6) is 0 Å². The molecular formula is C10H21NO2. The van der Waals surface area contributed by atoms with Gasteiger partial charge in [0.1, 0.15) is 0 Å². The van der Waals surface area contributed by atoms with Gasteiger partial charge in [0.25, 0.3) is 0 Å². The molecule has 0 saturated heterocycles. The second-order valence-corrected chi connectivity index (χ2v) is 3.85. The summed E-state index contributed by atoms with van der Waals surface area (Å²) >= 11 is 0. The van der Waals surface area contributed by atoms with Crippen LogP contribution in [0.3, 0.4) is 0 Å². The molecule has 1 fully saturated rings. The Morgan fingerprint density at radius 2 is 2.31 bits per heavy atom. The molecule has 0 aliphatic heterocycles. The lowest BCUT2D eigenvalue weighted by Gasteiger charge is -2.43. The van der Waals surface area contributed by atoms with Crippen LogP contribution in [0.2, 0.25) is 0 Å². The molecule has 1 saturated carbocycles. The molecule has 1 aliphatic carbocycles. The number of hydrogen-bond acceptors (Lipinski definition) is 3. The molecule has 2 N–H and O–H groups in total. The third kappa shape index (κ3) is 2.22. The highest BCUT2D eigenvalue weighted by Crippen LogP contribution is 2.32. The first kappa shape index (κ1) is 11.0. The average Bonchev–Trinajstić information content (AvgIpc) is 2.19. The fourth-order valence-electron chi connectivity index (χ4n) is 2.45. The first-order chi connectivity index (χ1) is 6.29. The topological polar surface area (TPSA) is 41.5 Å². The van der Waals surface area contributed by atoms with E-state index in [-0.39, 0.29) is 18.2 Å². The Hall–Kier alpha value is -0.120. The van der Waals surface area contributed by atoms with Crippen molar-refractivity contribution in [1.82, 2.24) is 5.32 Å². The van der Waals surface area contributed by atoms with Gasteiger partial charge < -0.3 is 15.2 Å². The van der Waals surface area contributed by atoms with E-state index in [0.717, 1.165) is 19.3 Å². The zero-order valence-corrected chi connectivity index (χ0v) is 8.68. The highest BCUT2D eigenvalue weighted by atomic mass is 16.5. The largest absolute Gasteiger partial charge is 0.396 e. The second-order valence-electron chi connectivity index (χ2n) is 3.85. The maximum absolute atomic E-state index is 9.03. The van der Waals surface area contributed by atoms with Gasteiger partial charge in [-0.1, -0.05) is 12.8 Å². The Labute approximate surface area is 80.5 Å². The first-order valence-electron chi connectivity index (χ1n) is 5.11. The van der Waals surface area contributed by atoms with Crippen molar-refractivity contribution in [3.8, 4) is 0 Å². The number of ether oxygens (including phenoxy) is 1. The molecule has 1 rings (SSSR count). The third-order valence-corrected chi connectivity index (χ3v) is 3.30. The molecule has 13 heavy (non-hydrogen) atoms. The Bertz CT molecular complexity index is 148. The Morgan fingerprint density at radius 1 is 1.54 bits per heavy atom. The van der Waals surface area contributed by atoms with Crippen LogP contribution < -0.4 is 5.32 Å². The number of nitrogens with one attached hydrogen (secondary N) is 1. The number of aliphatic hydroxyl groups excluding tert-OH is 1. The molecule has 1 aliphatic rings. The van der Waals surface area contributed by atoms with E-state index in [2.05, 4.69) is 5.32 Å². The molecule has 0 heterocycles. The molecule has 0 spiro atoms. The van der Waals surface area contributed by atoms with Gasteiger partial charge in [0, 0.05) is 19.3 Å². The van der Waals surface area contributed by atoms with Gasteiger partial charge in [-0.25, -0.2) is 0 Å². The molecular weight excluding hydrogens is 166 g/mol. The first-order valence-corrected chi connectivity index (χ1v) is 5.11. The van der Waals surface area contributed by atoms with Crippen molar-refractivity contribution in [2.24, 2.45) is 0 Å². The fraction of sp³-hybridized carbons (Fsp3) is 1.00. The predicted molar refractivity (Wildman–Crippen MR) is 52.8 cm³/mol. The second kappa shape index (κ2) is 4.94. The minimum absolute atomic E-state index is 0.0156. The standard InChI is InChI=1S/C10H21NO2/c1-11-10(7-8-12)6-4-3-5-9(10)13-2/h9,11-12H,3-8H2,1-2H3. The molecule has 0 aromatic rings. The van der Waals surface area contributed by atoms with E-state index in [0.29, 0.717) is 0 Å². The summed E-state index contributed by atoms with van der Waals surface area (Å²) in [5, 5.41) is 12.4. The fourth-order valence-corrected chi connectivity index (χ4v) is 2.45. The lowest BCUT2D eigenvalue weighted by atomic mass is 9.77. The summed E-state index contributed by atoms with van der Waals surface area (Å²) in [5.41, 5.74) is 0.0156. The van der Waals surface area contributed by atoms with E-state index in [1.165, 1.54) is 12.8 Å². The van der Waals surface area contributed by atoms with E-state index in [9.17, 15) is 0 Å². The molecule has 3 heteroatoms. The zero-order valence-electron chi connectivity index (χ0n) is 8.68. The van der Waals surface area contributed by atoms with Crippen LogP contribution in [-0.4, -0.2) is 37.5 Å². The summed E-state index contributed by atoms with van der Waals surface area (Å²) < 4.78 is 5.48. The van der Waals surface area contributed by atoms with Gasteiger partial charge in [-0.05, 0) is 26.3 Å². The molecule has 0 aromatic heterocycles. The Balaban J connectivity index is 2.66. The van der Waals surface area contributed by atoms with Crippen LogP contribution in [0.15, 0.2) is 0 Å². The monoisotopic (exact) mass is 187 g/mol. The van der Waals surface area contributed by atoms with E-state index >= 15 is 0 Å². The minimum atomic E-state index is 0.0156. The van der Waals surface area contributed by atoms with Crippen molar-refractivity contribution in [2.45, 2.75) is 43.7 Å². The van der Waals surface area contributed by atoms with Crippen molar-refractivity contribution >= 4 is 0 Å². The average molecular weight is 187 g/mol. The Morgan fingerprint density at radius 3 is 2.85 bits per heavy atom. The number of hydrogen-bond donors (Lipinski definition) is 2. The van der Waals surface area contributed by atoms with Crippen LogP contribution in [0, 0.1) is 0 Å². The normalized spacial score (nSPS) is 34.8. The summed E-state index contributed by atoms with van der Waals surface area (Å²) in [4.78, 5) is 0. The molecule has 0 bridgehead atoms. The molecule has 0 amide bonds. The van der Waals surface area contributed by atoms with Gasteiger partial charge in [-0.15, -0.1) is 0 Å². The van der Waals surface area contributed by atoms with Gasteiger partial charge in [0.05, 0.1) is 6.10 Å². The molecule has 0 aromatic carbocycles.